The van der Waals surface area contributed by atoms with Crippen molar-refractivity contribution in [2.24, 2.45) is 0 Å². The summed E-state index contributed by atoms with van der Waals surface area (Å²) >= 11 is 0. The zero-order valence-corrected chi connectivity index (χ0v) is 14.9. The number of rotatable bonds is 6. The van der Waals surface area contributed by atoms with Crippen LogP contribution >= 0.6 is 0 Å². The van der Waals surface area contributed by atoms with E-state index in [2.05, 4.69) is 15.4 Å². The Morgan fingerprint density at radius 1 is 1.35 bits per heavy atom. The smallest absolute Gasteiger partial charge is 0.336 e. The number of fused-ring (bicyclic) bond motifs is 1. The van der Waals surface area contributed by atoms with Crippen LogP contribution in [0.1, 0.15) is 26.1 Å². The minimum atomic E-state index is -0.777. The molecule has 2 aromatic heterocycles. The first-order valence-electron chi connectivity index (χ1n) is 8.39. The third kappa shape index (κ3) is 3.90. The summed E-state index contributed by atoms with van der Waals surface area (Å²) in [7, 11) is 0. The lowest BCUT2D eigenvalue weighted by Gasteiger charge is -2.13. The van der Waals surface area contributed by atoms with Crippen LogP contribution in [0.25, 0.3) is 11.0 Å². The van der Waals surface area contributed by atoms with Gasteiger partial charge in [-0.3, -0.25) is 10.1 Å². The quantitative estimate of drug-likeness (QED) is 0.681. The van der Waals surface area contributed by atoms with Crippen LogP contribution in [-0.4, -0.2) is 26.8 Å². The maximum atomic E-state index is 12.3. The van der Waals surface area contributed by atoms with Crippen molar-refractivity contribution in [2.45, 2.75) is 39.8 Å². The summed E-state index contributed by atoms with van der Waals surface area (Å²) in [6.45, 7) is 6.24. The van der Waals surface area contributed by atoms with Gasteiger partial charge in [-0.05, 0) is 38.5 Å². The highest BCUT2D eigenvalue weighted by atomic mass is 16.5. The van der Waals surface area contributed by atoms with Crippen LogP contribution < -0.4 is 15.7 Å². The average molecular weight is 356 g/mol. The molecule has 0 spiro atoms. The number of benzene rings is 1. The van der Waals surface area contributed by atoms with Crippen LogP contribution in [0.15, 0.2) is 39.5 Å². The Morgan fingerprint density at radius 2 is 2.12 bits per heavy atom. The van der Waals surface area contributed by atoms with Crippen LogP contribution in [-0.2, 0) is 11.3 Å². The number of hydrogen-bond acceptors (Lipinski definition) is 6. The van der Waals surface area contributed by atoms with Crippen molar-refractivity contribution in [2.75, 3.05) is 5.32 Å². The Hall–Kier alpha value is -3.16. The van der Waals surface area contributed by atoms with Crippen LogP contribution in [0.3, 0.4) is 0 Å². The van der Waals surface area contributed by atoms with Gasteiger partial charge < -0.3 is 9.15 Å². The summed E-state index contributed by atoms with van der Waals surface area (Å²) in [6.07, 6.45) is 0.149. The van der Waals surface area contributed by atoms with Gasteiger partial charge in [0.2, 0.25) is 5.95 Å². The van der Waals surface area contributed by atoms with Crippen molar-refractivity contribution in [1.29, 1.82) is 0 Å². The van der Waals surface area contributed by atoms with E-state index < -0.39 is 11.7 Å². The lowest BCUT2D eigenvalue weighted by molar-refractivity contribution is -0.122. The number of nitrogens with one attached hydrogen (secondary N) is 1. The van der Waals surface area contributed by atoms with E-state index >= 15 is 0 Å². The number of nitrogens with zero attached hydrogens (tertiary/aromatic N) is 3. The van der Waals surface area contributed by atoms with Gasteiger partial charge in [0.1, 0.15) is 17.2 Å². The van der Waals surface area contributed by atoms with Crippen molar-refractivity contribution in [3.63, 3.8) is 0 Å². The Balaban J connectivity index is 1.69. The van der Waals surface area contributed by atoms with Crippen molar-refractivity contribution in [3.05, 3.63) is 46.6 Å². The second-order valence-corrected chi connectivity index (χ2v) is 5.91. The third-order valence-electron chi connectivity index (χ3n) is 3.80. The molecule has 1 N–H and O–H groups in total. The molecule has 3 rings (SSSR count). The molecule has 2 heterocycles. The van der Waals surface area contributed by atoms with Gasteiger partial charge in [-0.2, -0.15) is 4.98 Å². The molecule has 0 aliphatic carbocycles. The average Bonchev–Trinajstić information content (AvgIpc) is 2.94. The van der Waals surface area contributed by atoms with E-state index in [1.165, 1.54) is 6.07 Å². The second-order valence-electron chi connectivity index (χ2n) is 5.91. The van der Waals surface area contributed by atoms with E-state index in [0.717, 1.165) is 24.2 Å². The molecule has 0 saturated carbocycles. The van der Waals surface area contributed by atoms with E-state index in [9.17, 15) is 9.59 Å². The number of carbonyl (C=O) groups is 1. The van der Waals surface area contributed by atoms with E-state index in [1.807, 2.05) is 13.8 Å². The Morgan fingerprint density at radius 3 is 2.88 bits per heavy atom. The van der Waals surface area contributed by atoms with Gasteiger partial charge in [0, 0.05) is 24.1 Å². The molecule has 8 nitrogen and oxygen atoms in total. The maximum absolute atomic E-state index is 12.3. The van der Waals surface area contributed by atoms with Crippen LogP contribution in [0.5, 0.6) is 5.75 Å². The maximum Gasteiger partial charge on any atom is 0.336 e. The topological polar surface area (TPSA) is 99.2 Å². The molecule has 0 saturated heterocycles. The van der Waals surface area contributed by atoms with Crippen molar-refractivity contribution < 1.29 is 13.9 Å². The molecule has 0 aliphatic heterocycles. The number of anilines is 1. The van der Waals surface area contributed by atoms with E-state index in [4.69, 9.17) is 9.15 Å². The van der Waals surface area contributed by atoms with Gasteiger partial charge in [0.15, 0.2) is 6.10 Å². The van der Waals surface area contributed by atoms with Crippen LogP contribution in [0, 0.1) is 6.92 Å². The fraction of sp³-hybridized carbons (Fsp3) is 0.333. The standard InChI is InChI=1S/C18H20N4O4/c1-4-9-22-12(3)19-18(21-22)20-17(24)11(2)25-14-7-5-13-6-8-16(23)26-15(13)10-14/h5-8,10-11H,4,9H2,1-3H3,(H,20,21,24). The van der Waals surface area contributed by atoms with E-state index in [-0.39, 0.29) is 11.9 Å². The molecule has 1 amide bonds. The minimum absolute atomic E-state index is 0.251. The third-order valence-corrected chi connectivity index (χ3v) is 3.80. The van der Waals surface area contributed by atoms with Gasteiger partial charge in [-0.15, -0.1) is 5.10 Å². The van der Waals surface area contributed by atoms with Gasteiger partial charge in [-0.25, -0.2) is 9.48 Å². The van der Waals surface area contributed by atoms with Crippen LogP contribution in [0.2, 0.25) is 0 Å². The van der Waals surface area contributed by atoms with Gasteiger partial charge in [0.25, 0.3) is 5.91 Å². The highest BCUT2D eigenvalue weighted by Crippen LogP contribution is 2.20. The number of ether oxygens (including phenoxy) is 1. The zero-order chi connectivity index (χ0) is 18.7. The molecular formula is C18H20N4O4. The first-order valence-corrected chi connectivity index (χ1v) is 8.39. The van der Waals surface area contributed by atoms with Gasteiger partial charge in [-0.1, -0.05) is 6.92 Å². The molecule has 1 atom stereocenters. The first-order chi connectivity index (χ1) is 12.5. The van der Waals surface area contributed by atoms with Crippen molar-refractivity contribution in [3.8, 4) is 5.75 Å². The van der Waals surface area contributed by atoms with E-state index in [0.29, 0.717) is 11.3 Å². The number of hydrogen-bond donors (Lipinski definition) is 1. The second kappa shape index (κ2) is 7.38. The van der Waals surface area contributed by atoms with Crippen molar-refractivity contribution >= 4 is 22.8 Å². The van der Waals surface area contributed by atoms with Gasteiger partial charge >= 0.3 is 5.63 Å². The SMILES string of the molecule is CCCn1nc(NC(=O)C(C)Oc2ccc3ccc(=O)oc3c2)nc1C. The Kier molecular flexibility index (Phi) is 5.01. The normalized spacial score (nSPS) is 12.1. The minimum Gasteiger partial charge on any atom is -0.481 e. The molecule has 1 unspecified atom stereocenters. The summed E-state index contributed by atoms with van der Waals surface area (Å²) < 4.78 is 12.5. The summed E-state index contributed by atoms with van der Waals surface area (Å²) in [6, 6.07) is 8.08. The monoisotopic (exact) mass is 356 g/mol. The highest BCUT2D eigenvalue weighted by Gasteiger charge is 2.18. The van der Waals surface area contributed by atoms with Crippen molar-refractivity contribution in [1.82, 2.24) is 14.8 Å². The molecule has 0 radical (unpaired) electrons. The molecule has 3 aromatic rings. The molecule has 0 bridgehead atoms. The summed E-state index contributed by atoms with van der Waals surface area (Å²) in [4.78, 5) is 27.9. The van der Waals surface area contributed by atoms with Crippen LogP contribution in [0.4, 0.5) is 5.95 Å². The summed E-state index contributed by atoms with van der Waals surface area (Å²) in [5, 5.41) is 7.67. The molecule has 8 heteroatoms. The predicted octanol–water partition coefficient (Wildman–Crippen LogP) is 2.51. The lowest BCUT2D eigenvalue weighted by Crippen LogP contribution is -2.30. The molecule has 0 fully saturated rings. The Bertz CT molecular complexity index is 992. The number of carbonyl (C=O) groups excluding carboxylic acids is 1. The Labute approximate surface area is 149 Å². The largest absolute Gasteiger partial charge is 0.481 e. The summed E-state index contributed by atoms with van der Waals surface area (Å²) in [5.74, 6) is 1.05. The van der Waals surface area contributed by atoms with E-state index in [1.54, 1.807) is 35.9 Å². The molecule has 26 heavy (non-hydrogen) atoms. The number of aromatic nitrogens is 3. The fourth-order valence-electron chi connectivity index (χ4n) is 2.48. The first kappa shape index (κ1) is 17.7. The predicted molar refractivity (Wildman–Crippen MR) is 96.3 cm³/mol. The van der Waals surface area contributed by atoms with Gasteiger partial charge in [0.05, 0.1) is 0 Å². The molecule has 1 aromatic carbocycles. The molecule has 136 valence electrons. The number of amides is 1. The fourth-order valence-corrected chi connectivity index (χ4v) is 2.48. The summed E-state index contributed by atoms with van der Waals surface area (Å²) in [5.41, 5.74) is -0.0391. The lowest BCUT2D eigenvalue weighted by atomic mass is 10.2. The number of aryl methyl sites for hydroxylation is 2. The highest BCUT2D eigenvalue weighted by molar-refractivity contribution is 5.92. The molecule has 0 aliphatic rings. The zero-order valence-electron chi connectivity index (χ0n) is 14.9. The molecular weight excluding hydrogens is 336 g/mol.